The maximum atomic E-state index is 12.8. The lowest BCUT2D eigenvalue weighted by Gasteiger charge is -2.13. The molecule has 0 saturated heterocycles. The number of hydrazone groups is 1. The number of furan rings is 1. The third-order valence-electron chi connectivity index (χ3n) is 5.25. The third kappa shape index (κ3) is 4.85. The van der Waals surface area contributed by atoms with Crippen LogP contribution < -0.4 is 10.7 Å². The second-order valence-electron chi connectivity index (χ2n) is 7.48. The average molecular weight is 511 g/mol. The molecule has 4 rings (SSSR count). The summed E-state index contributed by atoms with van der Waals surface area (Å²) in [6.07, 6.45) is 2.03. The van der Waals surface area contributed by atoms with Gasteiger partial charge in [0.2, 0.25) is 0 Å². The van der Waals surface area contributed by atoms with Gasteiger partial charge in [-0.05, 0) is 50.1 Å². The van der Waals surface area contributed by atoms with Crippen molar-refractivity contribution in [1.29, 1.82) is 0 Å². The molecule has 10 heteroatoms. The van der Waals surface area contributed by atoms with E-state index in [1.165, 1.54) is 18.2 Å². The Labute approximate surface area is 197 Å². The van der Waals surface area contributed by atoms with E-state index in [-0.39, 0.29) is 17.4 Å². The molecule has 2 amide bonds. The molecule has 0 atom stereocenters. The Balaban J connectivity index is 1.56. The number of halogens is 1. The molecular weight excluding hydrogens is 492 g/mol. The maximum Gasteiger partial charge on any atom is 0.291 e. The van der Waals surface area contributed by atoms with E-state index < -0.39 is 10.8 Å². The zero-order chi connectivity index (χ0) is 23.5. The van der Waals surface area contributed by atoms with Gasteiger partial charge in [-0.1, -0.05) is 22.0 Å². The highest BCUT2D eigenvalue weighted by Gasteiger charge is 2.28. The van der Waals surface area contributed by atoms with Gasteiger partial charge in [-0.25, -0.2) is 5.43 Å². The number of non-ortho nitro benzene ring substituents is 1. The summed E-state index contributed by atoms with van der Waals surface area (Å²) in [5.41, 5.74) is 5.16. The van der Waals surface area contributed by atoms with Crippen LogP contribution in [0.15, 0.2) is 62.5 Å². The number of benzene rings is 2. The van der Waals surface area contributed by atoms with E-state index >= 15 is 0 Å². The minimum Gasteiger partial charge on any atom is -0.455 e. The molecule has 0 spiro atoms. The molecule has 33 heavy (non-hydrogen) atoms. The highest BCUT2D eigenvalue weighted by Crippen LogP contribution is 2.30. The topological polar surface area (TPSA) is 127 Å². The number of carbonyl (C=O) groups is 2. The van der Waals surface area contributed by atoms with Crippen LogP contribution in [0.4, 0.5) is 11.4 Å². The van der Waals surface area contributed by atoms with Gasteiger partial charge < -0.3 is 9.73 Å². The van der Waals surface area contributed by atoms with Crippen LogP contribution in [0, 0.1) is 17.0 Å². The van der Waals surface area contributed by atoms with E-state index in [0.29, 0.717) is 46.7 Å². The molecule has 1 aliphatic rings. The Hall–Kier alpha value is -3.79. The summed E-state index contributed by atoms with van der Waals surface area (Å²) in [6, 6.07) is 12.6. The molecule has 168 valence electrons. The molecule has 0 fully saturated rings. The number of nitrogens with one attached hydrogen (secondary N) is 2. The van der Waals surface area contributed by atoms with Crippen LogP contribution in [0.1, 0.15) is 50.6 Å². The van der Waals surface area contributed by atoms with Crippen molar-refractivity contribution in [1.82, 2.24) is 5.43 Å². The Kier molecular flexibility index (Phi) is 6.36. The summed E-state index contributed by atoms with van der Waals surface area (Å²) < 4.78 is 6.71. The van der Waals surface area contributed by atoms with Crippen molar-refractivity contribution in [3.63, 3.8) is 0 Å². The molecule has 3 aromatic rings. The van der Waals surface area contributed by atoms with E-state index in [1.54, 1.807) is 37.3 Å². The van der Waals surface area contributed by atoms with E-state index in [1.807, 2.05) is 0 Å². The van der Waals surface area contributed by atoms with Gasteiger partial charge in [0.15, 0.2) is 5.76 Å². The van der Waals surface area contributed by atoms with Crippen molar-refractivity contribution in [2.24, 2.45) is 5.10 Å². The van der Waals surface area contributed by atoms with E-state index in [4.69, 9.17) is 4.42 Å². The van der Waals surface area contributed by atoms with Crippen molar-refractivity contribution in [2.45, 2.75) is 26.2 Å². The fourth-order valence-corrected chi connectivity index (χ4v) is 3.93. The van der Waals surface area contributed by atoms with Crippen molar-refractivity contribution < 1.29 is 18.9 Å². The molecule has 9 nitrogen and oxygen atoms in total. The van der Waals surface area contributed by atoms with Gasteiger partial charge in [-0.15, -0.1) is 0 Å². The monoisotopic (exact) mass is 510 g/mol. The second-order valence-corrected chi connectivity index (χ2v) is 8.39. The molecule has 0 unspecified atom stereocenters. The summed E-state index contributed by atoms with van der Waals surface area (Å²) in [4.78, 5) is 35.7. The van der Waals surface area contributed by atoms with Crippen LogP contribution in [0.5, 0.6) is 0 Å². The smallest absolute Gasteiger partial charge is 0.291 e. The first kappa shape index (κ1) is 22.4. The molecule has 0 saturated carbocycles. The van der Waals surface area contributed by atoms with Crippen LogP contribution >= 0.6 is 15.9 Å². The molecule has 1 heterocycles. The molecule has 1 aliphatic carbocycles. The second kappa shape index (κ2) is 9.37. The molecule has 0 aliphatic heterocycles. The van der Waals surface area contributed by atoms with Crippen LogP contribution in [-0.4, -0.2) is 22.4 Å². The summed E-state index contributed by atoms with van der Waals surface area (Å²) in [6.45, 7) is 1.75. The number of aryl methyl sites for hydroxylation is 1. The van der Waals surface area contributed by atoms with Crippen molar-refractivity contribution in [2.75, 3.05) is 5.32 Å². The largest absolute Gasteiger partial charge is 0.455 e. The third-order valence-corrected chi connectivity index (χ3v) is 5.77. The lowest BCUT2D eigenvalue weighted by Crippen LogP contribution is -2.22. The predicted octanol–water partition coefficient (Wildman–Crippen LogP) is 4.98. The van der Waals surface area contributed by atoms with E-state index in [0.717, 1.165) is 10.9 Å². The first-order chi connectivity index (χ1) is 15.8. The number of nitro groups is 1. The molecule has 0 bridgehead atoms. The van der Waals surface area contributed by atoms with Gasteiger partial charge in [0, 0.05) is 45.4 Å². The molecule has 2 N–H and O–H groups in total. The van der Waals surface area contributed by atoms with E-state index in [2.05, 4.69) is 31.8 Å². The van der Waals surface area contributed by atoms with Gasteiger partial charge in [0.05, 0.1) is 10.6 Å². The molecule has 0 radical (unpaired) electrons. The van der Waals surface area contributed by atoms with Crippen LogP contribution in [-0.2, 0) is 6.42 Å². The summed E-state index contributed by atoms with van der Waals surface area (Å²) in [7, 11) is 0. The first-order valence-corrected chi connectivity index (χ1v) is 10.9. The highest BCUT2D eigenvalue weighted by molar-refractivity contribution is 9.10. The van der Waals surface area contributed by atoms with Gasteiger partial charge in [0.1, 0.15) is 5.76 Å². The Morgan fingerprint density at radius 2 is 1.88 bits per heavy atom. The van der Waals surface area contributed by atoms with Crippen LogP contribution in [0.2, 0.25) is 0 Å². The summed E-state index contributed by atoms with van der Waals surface area (Å²) >= 11 is 3.33. The number of fused-ring (bicyclic) bond motifs is 1. The Morgan fingerprint density at radius 3 is 2.61 bits per heavy atom. The first-order valence-electron chi connectivity index (χ1n) is 10.1. The predicted molar refractivity (Wildman–Crippen MR) is 126 cm³/mol. The lowest BCUT2D eigenvalue weighted by atomic mass is 9.93. The molecule has 2 aromatic carbocycles. The molecule has 1 aromatic heterocycles. The minimum atomic E-state index is -0.530. The van der Waals surface area contributed by atoms with Gasteiger partial charge >= 0.3 is 0 Å². The summed E-state index contributed by atoms with van der Waals surface area (Å²) in [5.74, 6) is -0.118. The number of nitrogens with zero attached hydrogens (tertiary/aromatic N) is 2. The normalized spacial score (nSPS) is 13.9. The fourth-order valence-electron chi connectivity index (χ4n) is 3.67. The van der Waals surface area contributed by atoms with Crippen molar-refractivity contribution in [3.8, 4) is 0 Å². The molecular formula is C23H19BrN4O5. The van der Waals surface area contributed by atoms with Gasteiger partial charge in [-0.2, -0.15) is 5.10 Å². The van der Waals surface area contributed by atoms with Crippen LogP contribution in [0.25, 0.3) is 0 Å². The fraction of sp³-hybridized carbons (Fsp3) is 0.174. The SMILES string of the molecule is Cc1c(C(=O)Nc2cccc([N+](=O)[O-])c2)oc2c1/C(=N/NC(=O)c1ccc(Br)cc1)CCC2. The minimum absolute atomic E-state index is 0.111. The number of anilines is 1. The number of carbonyl (C=O) groups excluding carboxylic acids is 2. The quantitative estimate of drug-likeness (QED) is 0.369. The Bertz CT molecular complexity index is 1280. The maximum absolute atomic E-state index is 12.8. The van der Waals surface area contributed by atoms with Crippen LogP contribution in [0.3, 0.4) is 0 Å². The summed E-state index contributed by atoms with van der Waals surface area (Å²) in [5, 5.41) is 17.9. The number of rotatable bonds is 5. The number of hydrogen-bond acceptors (Lipinski definition) is 6. The Morgan fingerprint density at radius 1 is 1.12 bits per heavy atom. The van der Waals surface area contributed by atoms with Crippen molar-refractivity contribution >= 4 is 44.8 Å². The lowest BCUT2D eigenvalue weighted by molar-refractivity contribution is -0.384. The number of amides is 2. The highest BCUT2D eigenvalue weighted by atomic mass is 79.9. The van der Waals surface area contributed by atoms with Crippen molar-refractivity contribution in [3.05, 3.63) is 91.3 Å². The van der Waals surface area contributed by atoms with E-state index in [9.17, 15) is 19.7 Å². The van der Waals surface area contributed by atoms with Gasteiger partial charge in [0.25, 0.3) is 17.5 Å². The zero-order valence-corrected chi connectivity index (χ0v) is 19.1. The standard InChI is InChI=1S/C23H19BrN4O5/c1-13-20-18(26-27-22(29)14-8-10-15(24)11-9-14)6-3-7-19(20)33-21(13)23(30)25-16-4-2-5-17(12-16)28(31)32/h2,4-5,8-12H,3,6-7H2,1H3,(H,25,30)(H,27,29)/b26-18+. The van der Waals surface area contributed by atoms with Gasteiger partial charge in [-0.3, -0.25) is 19.7 Å². The zero-order valence-electron chi connectivity index (χ0n) is 17.6. The number of nitro benzene ring substituents is 1. The average Bonchev–Trinajstić information content (AvgIpc) is 3.15. The number of hydrogen-bond donors (Lipinski definition) is 2.